The zero-order valence-corrected chi connectivity index (χ0v) is 12.6. The van der Waals surface area contributed by atoms with E-state index in [0.717, 1.165) is 5.56 Å². The number of nitrogens with one attached hydrogen (secondary N) is 2. The lowest BCUT2D eigenvalue weighted by Crippen LogP contribution is -2.30. The van der Waals surface area contributed by atoms with E-state index < -0.39 is 7.60 Å². The predicted molar refractivity (Wildman–Crippen MR) is 81.2 cm³/mol. The van der Waals surface area contributed by atoms with Crippen molar-refractivity contribution in [1.29, 1.82) is 0 Å². The fraction of sp³-hybridized carbons (Fsp3) is 0.417. The molecule has 1 aliphatic heterocycles. The minimum absolute atomic E-state index is 0.150. The van der Waals surface area contributed by atoms with Crippen molar-refractivity contribution in [1.82, 2.24) is 19.9 Å². The van der Waals surface area contributed by atoms with Crippen LogP contribution in [0.25, 0.3) is 11.0 Å². The minimum atomic E-state index is -3.98. The van der Waals surface area contributed by atoms with Gasteiger partial charge >= 0.3 is 7.60 Å². The molecule has 0 aliphatic carbocycles. The maximum absolute atomic E-state index is 11.7. The van der Waals surface area contributed by atoms with E-state index in [2.05, 4.69) is 19.9 Å². The summed E-state index contributed by atoms with van der Waals surface area (Å²) in [4.78, 5) is 45.5. The number of hydrogen-bond donors (Lipinski definition) is 4. The molecule has 0 aromatic carbocycles. The third-order valence-corrected chi connectivity index (χ3v) is 4.42. The summed E-state index contributed by atoms with van der Waals surface area (Å²) in [5.41, 5.74) is 1.42. The first-order valence-electron chi connectivity index (χ1n) is 6.85. The largest absolute Gasteiger partial charge is 0.355 e. The molecule has 0 atom stereocenters. The van der Waals surface area contributed by atoms with Gasteiger partial charge in [-0.25, -0.2) is 4.98 Å². The first-order chi connectivity index (χ1) is 10.5. The van der Waals surface area contributed by atoms with Crippen LogP contribution in [0.4, 0.5) is 0 Å². The maximum Gasteiger partial charge on any atom is 0.325 e. The lowest BCUT2D eigenvalue weighted by atomic mass is 10.2. The zero-order chi connectivity index (χ0) is 15.7. The zero-order valence-electron chi connectivity index (χ0n) is 11.7. The van der Waals surface area contributed by atoms with Gasteiger partial charge in [0.2, 0.25) is 0 Å². The van der Waals surface area contributed by atoms with Crippen LogP contribution in [0.1, 0.15) is 12.0 Å². The molecule has 0 bridgehead atoms. The number of rotatable bonds is 5. The lowest BCUT2D eigenvalue weighted by Gasteiger charge is -2.19. The summed E-state index contributed by atoms with van der Waals surface area (Å²) < 4.78 is 10.9. The van der Waals surface area contributed by atoms with Gasteiger partial charge in [-0.05, 0) is 6.42 Å². The van der Waals surface area contributed by atoms with Crippen LogP contribution < -0.4 is 5.56 Å². The smallest absolute Gasteiger partial charge is 0.325 e. The molecule has 4 N–H and O–H groups in total. The van der Waals surface area contributed by atoms with Gasteiger partial charge in [-0.3, -0.25) is 14.4 Å². The van der Waals surface area contributed by atoms with Gasteiger partial charge in [-0.1, -0.05) is 0 Å². The summed E-state index contributed by atoms with van der Waals surface area (Å²) in [7, 11) is -3.98. The van der Waals surface area contributed by atoms with E-state index in [4.69, 9.17) is 9.79 Å². The first kappa shape index (κ1) is 15.0. The fourth-order valence-corrected chi connectivity index (χ4v) is 3.10. The summed E-state index contributed by atoms with van der Waals surface area (Å²) in [6.45, 7) is 1.80. The number of aliphatic imine (C=N–C) groups is 1. The molecular formula is C12H16N5O4P. The Morgan fingerprint density at radius 1 is 1.36 bits per heavy atom. The molecule has 0 fully saturated rings. The molecule has 2 aromatic heterocycles. The van der Waals surface area contributed by atoms with Crippen LogP contribution in [0.15, 0.2) is 22.3 Å². The molecule has 0 unspecified atom stereocenters. The molecule has 118 valence electrons. The highest BCUT2D eigenvalue weighted by atomic mass is 31.2. The number of H-pyrrole nitrogens is 2. The van der Waals surface area contributed by atoms with Crippen molar-refractivity contribution in [3.63, 3.8) is 0 Å². The van der Waals surface area contributed by atoms with Crippen molar-refractivity contribution < 1.29 is 14.4 Å². The van der Waals surface area contributed by atoms with E-state index in [1.54, 1.807) is 6.20 Å². The Kier molecular flexibility index (Phi) is 3.86. The maximum atomic E-state index is 11.7. The molecule has 3 heterocycles. The lowest BCUT2D eigenvalue weighted by molar-refractivity contribution is 0.366. The molecule has 1 aliphatic rings. The summed E-state index contributed by atoms with van der Waals surface area (Å²) in [5.74, 6) is 0.704. The van der Waals surface area contributed by atoms with Crippen LogP contribution in [0.3, 0.4) is 0 Å². The fourth-order valence-electron chi connectivity index (χ4n) is 2.54. The van der Waals surface area contributed by atoms with Crippen LogP contribution in [-0.4, -0.2) is 61.3 Å². The second kappa shape index (κ2) is 5.68. The molecule has 0 spiro atoms. The van der Waals surface area contributed by atoms with E-state index in [0.29, 0.717) is 42.9 Å². The molecule has 10 heteroatoms. The number of aromatic nitrogens is 3. The summed E-state index contributed by atoms with van der Waals surface area (Å²) in [6, 6.07) is 0. The molecule has 2 aromatic rings. The van der Waals surface area contributed by atoms with Gasteiger partial charge in [0.25, 0.3) is 5.56 Å². The van der Waals surface area contributed by atoms with Gasteiger partial charge in [0, 0.05) is 19.3 Å². The first-order valence-corrected chi connectivity index (χ1v) is 8.64. The van der Waals surface area contributed by atoms with Crippen LogP contribution >= 0.6 is 7.60 Å². The highest BCUT2D eigenvalue weighted by Crippen LogP contribution is 2.35. The second-order valence-corrected chi connectivity index (χ2v) is 6.87. The van der Waals surface area contributed by atoms with Crippen LogP contribution in [0.2, 0.25) is 0 Å². The van der Waals surface area contributed by atoms with E-state index in [1.165, 1.54) is 6.33 Å². The Morgan fingerprint density at radius 2 is 2.18 bits per heavy atom. The summed E-state index contributed by atoms with van der Waals surface area (Å²) in [6.07, 6.45) is 3.25. The standard InChI is InChI=1S/C12H16N5O4P/c18-12-10-9(15-7-16-12)8(6-14-10)11-13-2-4-17(11)3-1-5-22(19,20)21/h6-7,14H,1-5H2,(H,15,16,18)(H2,19,20,21). The molecule has 0 saturated heterocycles. The second-order valence-electron chi connectivity index (χ2n) is 5.09. The van der Waals surface area contributed by atoms with E-state index in [1.807, 2.05) is 4.90 Å². The van der Waals surface area contributed by atoms with E-state index >= 15 is 0 Å². The van der Waals surface area contributed by atoms with Gasteiger partial charge in [0.15, 0.2) is 0 Å². The van der Waals surface area contributed by atoms with Gasteiger partial charge in [-0.2, -0.15) is 0 Å². The molecule has 22 heavy (non-hydrogen) atoms. The van der Waals surface area contributed by atoms with Crippen molar-refractivity contribution in [2.24, 2.45) is 4.99 Å². The van der Waals surface area contributed by atoms with E-state index in [9.17, 15) is 9.36 Å². The third-order valence-electron chi connectivity index (χ3n) is 3.52. The third kappa shape index (κ3) is 2.96. The Hall–Kier alpha value is -1.96. The number of hydrogen-bond acceptors (Lipinski definition) is 5. The van der Waals surface area contributed by atoms with Crippen LogP contribution in [0, 0.1) is 0 Å². The van der Waals surface area contributed by atoms with Gasteiger partial charge in [0.1, 0.15) is 16.9 Å². The number of amidine groups is 1. The molecule has 0 saturated carbocycles. The normalized spacial score (nSPS) is 15.5. The Bertz CT molecular complexity index is 820. The predicted octanol–water partition coefficient (Wildman–Crippen LogP) is -0.119. The highest BCUT2D eigenvalue weighted by Gasteiger charge is 2.23. The quantitative estimate of drug-likeness (QED) is 0.566. The average Bonchev–Trinajstić information content (AvgIpc) is 3.04. The SMILES string of the molecule is O=c1[nH]cnc2c(C3=NCCN3CCCP(=O)(O)O)c[nH]c12. The van der Waals surface area contributed by atoms with Crippen molar-refractivity contribution in [2.75, 3.05) is 25.8 Å². The van der Waals surface area contributed by atoms with Crippen LogP contribution in [0.5, 0.6) is 0 Å². The summed E-state index contributed by atoms with van der Waals surface area (Å²) >= 11 is 0. The average molecular weight is 325 g/mol. The molecular weight excluding hydrogens is 309 g/mol. The Morgan fingerprint density at radius 3 is 2.95 bits per heavy atom. The number of aromatic amines is 2. The van der Waals surface area contributed by atoms with Crippen molar-refractivity contribution in [2.45, 2.75) is 6.42 Å². The van der Waals surface area contributed by atoms with Gasteiger partial charge in [0.05, 0.1) is 24.6 Å². The Balaban J connectivity index is 1.82. The molecule has 0 amide bonds. The monoisotopic (exact) mass is 325 g/mol. The van der Waals surface area contributed by atoms with E-state index in [-0.39, 0.29) is 11.7 Å². The summed E-state index contributed by atoms with van der Waals surface area (Å²) in [5, 5.41) is 0. The van der Waals surface area contributed by atoms with Gasteiger partial charge in [-0.15, -0.1) is 0 Å². The van der Waals surface area contributed by atoms with Crippen molar-refractivity contribution in [3.8, 4) is 0 Å². The highest BCUT2D eigenvalue weighted by molar-refractivity contribution is 7.51. The van der Waals surface area contributed by atoms with Crippen LogP contribution in [-0.2, 0) is 4.57 Å². The molecule has 0 radical (unpaired) electrons. The van der Waals surface area contributed by atoms with Gasteiger partial charge < -0.3 is 24.7 Å². The molecule has 9 nitrogen and oxygen atoms in total. The van der Waals surface area contributed by atoms with Crippen molar-refractivity contribution in [3.05, 3.63) is 28.4 Å². The topological polar surface area (TPSA) is 135 Å². The Labute approximate surface area is 125 Å². The van der Waals surface area contributed by atoms with Crippen molar-refractivity contribution >= 4 is 24.5 Å². The molecule has 3 rings (SSSR count). The number of nitrogens with zero attached hydrogens (tertiary/aromatic N) is 3. The minimum Gasteiger partial charge on any atom is -0.355 e. The number of fused-ring (bicyclic) bond motifs is 1.